The minimum Gasteiger partial charge on any atom is -0.454 e. The Morgan fingerprint density at radius 1 is 1.15 bits per heavy atom. The highest BCUT2D eigenvalue weighted by Gasteiger charge is 2.18. The van der Waals surface area contributed by atoms with Crippen LogP contribution in [0.2, 0.25) is 0 Å². The molecule has 0 bridgehead atoms. The normalized spacial score (nSPS) is 15.8. The molecule has 0 spiro atoms. The number of ether oxygens (including phenoxy) is 3. The standard InChI is InChI=1S/C23H33N5O4S/c1-26(2)6-7-28(23(33)24-4-3-5-27-8-10-30-11-9-27)15-18-12-17-13-20-21(32-16-31-20)14-19(17)25-22(18)29/h12-14H,3-11,15-16H2,1-2H3,(H,24,33)(H,25,29). The van der Waals surface area contributed by atoms with Gasteiger partial charge >= 0.3 is 0 Å². The number of likely N-dealkylation sites (N-methyl/N-ethyl adjacent to an activating group) is 1. The summed E-state index contributed by atoms with van der Waals surface area (Å²) >= 11 is 5.71. The van der Waals surface area contributed by atoms with Gasteiger partial charge < -0.3 is 34.3 Å². The lowest BCUT2D eigenvalue weighted by atomic mass is 10.1. The van der Waals surface area contributed by atoms with E-state index in [0.29, 0.717) is 28.7 Å². The third-order valence-electron chi connectivity index (χ3n) is 5.91. The minimum absolute atomic E-state index is 0.119. The first-order valence-corrected chi connectivity index (χ1v) is 11.8. The highest BCUT2D eigenvalue weighted by atomic mass is 32.1. The molecule has 33 heavy (non-hydrogen) atoms. The zero-order chi connectivity index (χ0) is 23.2. The minimum atomic E-state index is -0.119. The molecule has 0 amide bonds. The van der Waals surface area contributed by atoms with Crippen molar-refractivity contribution in [3.63, 3.8) is 0 Å². The largest absolute Gasteiger partial charge is 0.454 e. The number of fused-ring (bicyclic) bond motifs is 2. The predicted octanol–water partition coefficient (Wildman–Crippen LogP) is 1.22. The van der Waals surface area contributed by atoms with Crippen LogP contribution in [0.4, 0.5) is 0 Å². The highest BCUT2D eigenvalue weighted by molar-refractivity contribution is 7.80. The Morgan fingerprint density at radius 2 is 1.91 bits per heavy atom. The SMILES string of the molecule is CN(C)CCN(Cc1cc2cc3c(cc2[nH]c1=O)OCO3)C(=S)NCCCN1CCOCC1. The second-order valence-corrected chi connectivity index (χ2v) is 9.07. The van der Waals surface area contributed by atoms with E-state index in [1.807, 2.05) is 32.3 Å². The molecule has 0 saturated carbocycles. The molecule has 2 aliphatic heterocycles. The predicted molar refractivity (Wildman–Crippen MR) is 132 cm³/mol. The van der Waals surface area contributed by atoms with E-state index in [2.05, 4.69) is 25.0 Å². The third-order valence-corrected chi connectivity index (χ3v) is 6.31. The van der Waals surface area contributed by atoms with Crippen LogP contribution in [-0.2, 0) is 11.3 Å². The molecule has 0 aliphatic carbocycles. The van der Waals surface area contributed by atoms with Crippen molar-refractivity contribution in [3.05, 3.63) is 34.1 Å². The Labute approximate surface area is 199 Å². The number of morpholine rings is 1. The Balaban J connectivity index is 1.41. The van der Waals surface area contributed by atoms with Crippen molar-refractivity contribution in [1.29, 1.82) is 0 Å². The molecule has 4 rings (SSSR count). The van der Waals surface area contributed by atoms with Gasteiger partial charge in [-0.15, -0.1) is 0 Å². The second kappa shape index (κ2) is 11.1. The quantitative estimate of drug-likeness (QED) is 0.411. The Kier molecular flexibility index (Phi) is 8.02. The summed E-state index contributed by atoms with van der Waals surface area (Å²) in [6.45, 7) is 7.62. The second-order valence-electron chi connectivity index (χ2n) is 8.68. The molecule has 0 radical (unpaired) electrons. The van der Waals surface area contributed by atoms with Gasteiger partial charge in [0.1, 0.15) is 0 Å². The van der Waals surface area contributed by atoms with E-state index in [1.165, 1.54) is 0 Å². The van der Waals surface area contributed by atoms with Gasteiger partial charge in [0.2, 0.25) is 6.79 Å². The van der Waals surface area contributed by atoms with Crippen molar-refractivity contribution in [2.75, 3.05) is 73.4 Å². The molecule has 1 saturated heterocycles. The first kappa shape index (κ1) is 23.7. The van der Waals surface area contributed by atoms with Crippen LogP contribution in [0.25, 0.3) is 10.9 Å². The number of hydrogen-bond acceptors (Lipinski definition) is 7. The van der Waals surface area contributed by atoms with Crippen molar-refractivity contribution in [3.8, 4) is 11.5 Å². The van der Waals surface area contributed by atoms with E-state index in [1.54, 1.807) is 0 Å². The first-order valence-electron chi connectivity index (χ1n) is 11.4. The third kappa shape index (κ3) is 6.35. The number of aromatic amines is 1. The summed E-state index contributed by atoms with van der Waals surface area (Å²) in [5.74, 6) is 1.35. The number of rotatable bonds is 9. The van der Waals surface area contributed by atoms with Crippen molar-refractivity contribution in [2.24, 2.45) is 0 Å². The molecular formula is C23H33N5O4S. The van der Waals surface area contributed by atoms with Crippen LogP contribution in [-0.4, -0.2) is 98.2 Å². The lowest BCUT2D eigenvalue weighted by Crippen LogP contribution is -2.44. The van der Waals surface area contributed by atoms with Gasteiger partial charge in [-0.2, -0.15) is 0 Å². The molecule has 9 nitrogen and oxygen atoms in total. The molecule has 1 aromatic carbocycles. The Morgan fingerprint density at radius 3 is 2.67 bits per heavy atom. The molecule has 3 heterocycles. The molecule has 0 atom stereocenters. The zero-order valence-corrected chi connectivity index (χ0v) is 20.2. The molecule has 2 aromatic rings. The summed E-state index contributed by atoms with van der Waals surface area (Å²) in [4.78, 5) is 22.4. The molecule has 2 aliphatic rings. The number of aromatic nitrogens is 1. The van der Waals surface area contributed by atoms with E-state index >= 15 is 0 Å². The van der Waals surface area contributed by atoms with Crippen molar-refractivity contribution in [1.82, 2.24) is 25.0 Å². The van der Waals surface area contributed by atoms with Gasteiger partial charge in [-0.05, 0) is 51.4 Å². The van der Waals surface area contributed by atoms with Crippen LogP contribution in [0.3, 0.4) is 0 Å². The topological polar surface area (TPSA) is 82.3 Å². The fourth-order valence-electron chi connectivity index (χ4n) is 3.97. The maximum Gasteiger partial charge on any atom is 0.253 e. The summed E-state index contributed by atoms with van der Waals surface area (Å²) in [7, 11) is 4.06. The number of pyridine rings is 1. The van der Waals surface area contributed by atoms with Gasteiger partial charge in [0.15, 0.2) is 16.6 Å². The summed E-state index contributed by atoms with van der Waals surface area (Å²) in [6.07, 6.45) is 1.01. The van der Waals surface area contributed by atoms with E-state index < -0.39 is 0 Å². The van der Waals surface area contributed by atoms with Crippen molar-refractivity contribution >= 4 is 28.2 Å². The summed E-state index contributed by atoms with van der Waals surface area (Å²) in [6, 6.07) is 5.64. The van der Waals surface area contributed by atoms with E-state index in [9.17, 15) is 4.79 Å². The van der Waals surface area contributed by atoms with Gasteiger partial charge in [0.05, 0.1) is 25.3 Å². The van der Waals surface area contributed by atoms with Crippen LogP contribution in [0, 0.1) is 0 Å². The zero-order valence-electron chi connectivity index (χ0n) is 19.4. The average Bonchev–Trinajstić information content (AvgIpc) is 3.26. The van der Waals surface area contributed by atoms with Crippen LogP contribution in [0.15, 0.2) is 23.0 Å². The van der Waals surface area contributed by atoms with E-state index in [-0.39, 0.29) is 12.4 Å². The fourth-order valence-corrected chi connectivity index (χ4v) is 4.23. The summed E-state index contributed by atoms with van der Waals surface area (Å²) in [5, 5.41) is 4.97. The van der Waals surface area contributed by atoms with Crippen LogP contribution >= 0.6 is 12.2 Å². The number of nitrogens with zero attached hydrogens (tertiary/aromatic N) is 3. The molecule has 0 unspecified atom stereocenters. The Bertz CT molecular complexity index is 1020. The van der Waals surface area contributed by atoms with Gasteiger partial charge in [-0.3, -0.25) is 9.69 Å². The monoisotopic (exact) mass is 475 g/mol. The smallest absolute Gasteiger partial charge is 0.253 e. The van der Waals surface area contributed by atoms with Gasteiger partial charge in [-0.1, -0.05) is 0 Å². The van der Waals surface area contributed by atoms with Crippen LogP contribution in [0.1, 0.15) is 12.0 Å². The van der Waals surface area contributed by atoms with Crippen molar-refractivity contribution < 1.29 is 14.2 Å². The highest BCUT2D eigenvalue weighted by Crippen LogP contribution is 2.35. The summed E-state index contributed by atoms with van der Waals surface area (Å²) < 4.78 is 16.3. The molecule has 1 aromatic heterocycles. The number of nitrogens with one attached hydrogen (secondary N) is 2. The molecule has 2 N–H and O–H groups in total. The maximum atomic E-state index is 12.8. The number of thiocarbonyl (C=S) groups is 1. The van der Waals surface area contributed by atoms with Gasteiger partial charge in [0.25, 0.3) is 5.56 Å². The van der Waals surface area contributed by atoms with Crippen LogP contribution in [0.5, 0.6) is 11.5 Å². The molecular weight excluding hydrogens is 442 g/mol. The lowest BCUT2D eigenvalue weighted by Gasteiger charge is -2.28. The maximum absolute atomic E-state index is 12.8. The lowest BCUT2D eigenvalue weighted by molar-refractivity contribution is 0.0376. The average molecular weight is 476 g/mol. The summed E-state index contributed by atoms with van der Waals surface area (Å²) in [5.41, 5.74) is 1.28. The number of hydrogen-bond donors (Lipinski definition) is 2. The molecule has 1 fully saturated rings. The molecule has 180 valence electrons. The van der Waals surface area contributed by atoms with Crippen molar-refractivity contribution in [2.45, 2.75) is 13.0 Å². The molecule has 10 heteroatoms. The first-order chi connectivity index (χ1) is 16.0. The van der Waals surface area contributed by atoms with E-state index in [4.69, 9.17) is 26.4 Å². The number of benzene rings is 1. The number of H-pyrrole nitrogens is 1. The van der Waals surface area contributed by atoms with Crippen LogP contribution < -0.4 is 20.3 Å². The van der Waals surface area contributed by atoms with E-state index in [0.717, 1.165) is 69.8 Å². The Hall–Kier alpha value is -2.40. The van der Waals surface area contributed by atoms with Gasteiger partial charge in [0, 0.05) is 49.7 Å². The fraction of sp³-hybridized carbons (Fsp3) is 0.565. The van der Waals surface area contributed by atoms with Gasteiger partial charge in [-0.25, -0.2) is 0 Å².